The van der Waals surface area contributed by atoms with E-state index in [2.05, 4.69) is 19.8 Å². The first kappa shape index (κ1) is 13.2. The van der Waals surface area contributed by atoms with Crippen LogP contribution in [0.3, 0.4) is 0 Å². The van der Waals surface area contributed by atoms with Crippen LogP contribution in [0.2, 0.25) is 0 Å². The van der Waals surface area contributed by atoms with Gasteiger partial charge >= 0.3 is 5.97 Å². The van der Waals surface area contributed by atoms with E-state index < -0.39 is 0 Å². The molecule has 0 bridgehead atoms. The zero-order valence-corrected chi connectivity index (χ0v) is 10.7. The van der Waals surface area contributed by atoms with Gasteiger partial charge in [0.15, 0.2) is 11.5 Å². The number of methoxy groups -OCH3 is 1. The minimum Gasteiger partial charge on any atom is -0.468 e. The van der Waals surface area contributed by atoms with Crippen molar-refractivity contribution in [1.82, 2.24) is 15.1 Å². The Hall–Kier alpha value is -2.20. The molecule has 0 N–H and O–H groups in total. The van der Waals surface area contributed by atoms with Crippen molar-refractivity contribution < 1.29 is 9.53 Å². The van der Waals surface area contributed by atoms with Crippen molar-refractivity contribution in [2.75, 3.05) is 44.7 Å². The number of piperazine rings is 1. The summed E-state index contributed by atoms with van der Waals surface area (Å²) in [4.78, 5) is 15.3. The van der Waals surface area contributed by atoms with Gasteiger partial charge < -0.3 is 9.64 Å². The van der Waals surface area contributed by atoms with Crippen LogP contribution in [0.5, 0.6) is 0 Å². The molecule has 7 heteroatoms. The highest BCUT2D eigenvalue weighted by Gasteiger charge is 2.20. The predicted molar refractivity (Wildman–Crippen MR) is 67.4 cm³/mol. The molecule has 1 fully saturated rings. The van der Waals surface area contributed by atoms with Crippen molar-refractivity contribution in [2.45, 2.75) is 0 Å². The smallest absolute Gasteiger partial charge is 0.319 e. The van der Waals surface area contributed by atoms with Gasteiger partial charge in [0.05, 0.1) is 13.7 Å². The van der Waals surface area contributed by atoms with Gasteiger partial charge in [0.1, 0.15) is 6.07 Å². The summed E-state index contributed by atoms with van der Waals surface area (Å²) in [5, 5.41) is 16.5. The fourth-order valence-electron chi connectivity index (χ4n) is 1.94. The second kappa shape index (κ2) is 6.11. The first-order chi connectivity index (χ1) is 9.22. The normalized spacial score (nSPS) is 15.9. The Morgan fingerprint density at radius 2 is 2.11 bits per heavy atom. The largest absolute Gasteiger partial charge is 0.468 e. The molecule has 7 nitrogen and oxygen atoms in total. The lowest BCUT2D eigenvalue weighted by atomic mass is 10.3. The minimum atomic E-state index is -0.216. The molecule has 2 heterocycles. The van der Waals surface area contributed by atoms with Gasteiger partial charge in [0.25, 0.3) is 0 Å². The van der Waals surface area contributed by atoms with E-state index in [1.807, 2.05) is 11.0 Å². The van der Waals surface area contributed by atoms with Crippen LogP contribution in [0, 0.1) is 11.3 Å². The lowest BCUT2D eigenvalue weighted by molar-refractivity contribution is -0.142. The highest BCUT2D eigenvalue weighted by Crippen LogP contribution is 2.12. The van der Waals surface area contributed by atoms with Gasteiger partial charge in [-0.3, -0.25) is 9.69 Å². The predicted octanol–water partition coefficient (Wildman–Crippen LogP) is -0.357. The van der Waals surface area contributed by atoms with Crippen LogP contribution in [-0.2, 0) is 9.53 Å². The molecule has 19 heavy (non-hydrogen) atoms. The number of carbonyl (C=O) groups is 1. The van der Waals surface area contributed by atoms with Crippen molar-refractivity contribution >= 4 is 11.8 Å². The lowest BCUT2D eigenvalue weighted by Crippen LogP contribution is -2.48. The fraction of sp³-hybridized carbons (Fsp3) is 0.500. The molecule has 100 valence electrons. The zero-order chi connectivity index (χ0) is 13.7. The summed E-state index contributed by atoms with van der Waals surface area (Å²) < 4.78 is 4.64. The molecule has 1 aliphatic heterocycles. The van der Waals surface area contributed by atoms with Crippen molar-refractivity contribution in [3.05, 3.63) is 17.8 Å². The van der Waals surface area contributed by atoms with E-state index >= 15 is 0 Å². The monoisotopic (exact) mass is 261 g/mol. The number of nitriles is 1. The fourth-order valence-corrected chi connectivity index (χ4v) is 1.94. The van der Waals surface area contributed by atoms with Crippen LogP contribution < -0.4 is 4.90 Å². The van der Waals surface area contributed by atoms with Crippen LogP contribution in [0.4, 0.5) is 5.82 Å². The number of nitrogens with zero attached hydrogens (tertiary/aromatic N) is 5. The van der Waals surface area contributed by atoms with Gasteiger partial charge in [0, 0.05) is 26.2 Å². The second-order valence-corrected chi connectivity index (χ2v) is 4.23. The Labute approximate surface area is 111 Å². The summed E-state index contributed by atoms with van der Waals surface area (Å²) in [5.74, 6) is 0.545. The molecule has 0 unspecified atom stereocenters. The molecule has 0 spiro atoms. The van der Waals surface area contributed by atoms with Gasteiger partial charge in [-0.25, -0.2) is 0 Å². The molecule has 2 rings (SSSR count). The summed E-state index contributed by atoms with van der Waals surface area (Å²) in [5.41, 5.74) is 0.313. The number of ether oxygens (including phenoxy) is 1. The number of rotatable bonds is 3. The van der Waals surface area contributed by atoms with E-state index in [1.165, 1.54) is 7.11 Å². The topological polar surface area (TPSA) is 82.4 Å². The molecule has 1 saturated heterocycles. The summed E-state index contributed by atoms with van der Waals surface area (Å²) in [6.07, 6.45) is 0. The number of hydrogen-bond donors (Lipinski definition) is 0. The van der Waals surface area contributed by atoms with Crippen LogP contribution in [0.25, 0.3) is 0 Å². The summed E-state index contributed by atoms with van der Waals surface area (Å²) in [6, 6.07) is 5.39. The Balaban J connectivity index is 1.89. The molecular formula is C12H15N5O2. The van der Waals surface area contributed by atoms with E-state index in [1.54, 1.807) is 12.1 Å². The van der Waals surface area contributed by atoms with Gasteiger partial charge in [-0.15, -0.1) is 10.2 Å². The van der Waals surface area contributed by atoms with Gasteiger partial charge in [-0.1, -0.05) is 0 Å². The molecule has 0 amide bonds. The van der Waals surface area contributed by atoms with Crippen molar-refractivity contribution in [3.63, 3.8) is 0 Å². The quantitative estimate of drug-likeness (QED) is 0.687. The lowest BCUT2D eigenvalue weighted by Gasteiger charge is -2.34. The third-order valence-electron chi connectivity index (χ3n) is 3.04. The maximum atomic E-state index is 11.2. The molecule has 0 atom stereocenters. The Kier molecular flexibility index (Phi) is 4.26. The number of esters is 1. The molecule has 0 saturated carbocycles. The van der Waals surface area contributed by atoms with Gasteiger partial charge in [0.2, 0.25) is 0 Å². The van der Waals surface area contributed by atoms with Gasteiger partial charge in [-0.2, -0.15) is 5.26 Å². The highest BCUT2D eigenvalue weighted by molar-refractivity contribution is 5.71. The minimum absolute atomic E-state index is 0.216. The van der Waals surface area contributed by atoms with E-state index in [-0.39, 0.29) is 5.97 Å². The summed E-state index contributed by atoms with van der Waals surface area (Å²) in [7, 11) is 1.39. The number of hydrogen-bond acceptors (Lipinski definition) is 7. The third kappa shape index (κ3) is 3.39. The summed E-state index contributed by atoms with van der Waals surface area (Å²) in [6.45, 7) is 3.42. The van der Waals surface area contributed by atoms with Gasteiger partial charge in [-0.05, 0) is 12.1 Å². The SMILES string of the molecule is COC(=O)CN1CCN(c2ccc(C#N)nn2)CC1. The summed E-state index contributed by atoms with van der Waals surface area (Å²) >= 11 is 0. The van der Waals surface area contributed by atoms with E-state index in [0.29, 0.717) is 12.2 Å². The van der Waals surface area contributed by atoms with E-state index in [4.69, 9.17) is 5.26 Å². The number of anilines is 1. The number of carbonyl (C=O) groups excluding carboxylic acids is 1. The zero-order valence-electron chi connectivity index (χ0n) is 10.7. The molecule has 0 aromatic carbocycles. The highest BCUT2D eigenvalue weighted by atomic mass is 16.5. The average molecular weight is 261 g/mol. The van der Waals surface area contributed by atoms with Crippen LogP contribution in [0.15, 0.2) is 12.1 Å². The maximum absolute atomic E-state index is 11.2. The van der Waals surface area contributed by atoms with E-state index in [9.17, 15) is 4.79 Å². The first-order valence-corrected chi connectivity index (χ1v) is 6.01. The molecule has 1 aromatic heterocycles. The Morgan fingerprint density at radius 3 is 2.63 bits per heavy atom. The molecule has 1 aliphatic rings. The van der Waals surface area contributed by atoms with Crippen molar-refractivity contribution in [1.29, 1.82) is 5.26 Å². The standard InChI is InChI=1S/C12H15N5O2/c1-19-12(18)9-16-4-6-17(7-5-16)11-3-2-10(8-13)14-15-11/h2-3H,4-7,9H2,1H3. The van der Waals surface area contributed by atoms with Crippen LogP contribution in [-0.4, -0.2) is 60.9 Å². The molecule has 1 aromatic rings. The van der Waals surface area contributed by atoms with Crippen LogP contribution in [0.1, 0.15) is 5.69 Å². The Morgan fingerprint density at radius 1 is 1.37 bits per heavy atom. The van der Waals surface area contributed by atoms with Crippen molar-refractivity contribution in [3.8, 4) is 6.07 Å². The number of aromatic nitrogens is 2. The van der Waals surface area contributed by atoms with Crippen molar-refractivity contribution in [2.24, 2.45) is 0 Å². The average Bonchev–Trinajstić information content (AvgIpc) is 2.48. The maximum Gasteiger partial charge on any atom is 0.319 e. The third-order valence-corrected chi connectivity index (χ3v) is 3.04. The molecule has 0 radical (unpaired) electrons. The molecule has 0 aliphatic carbocycles. The first-order valence-electron chi connectivity index (χ1n) is 6.01. The van der Waals surface area contributed by atoms with Crippen LogP contribution >= 0.6 is 0 Å². The molecular weight excluding hydrogens is 246 g/mol. The second-order valence-electron chi connectivity index (χ2n) is 4.23. The Bertz CT molecular complexity index is 474. The van der Waals surface area contributed by atoms with E-state index in [0.717, 1.165) is 32.0 Å².